The lowest BCUT2D eigenvalue weighted by Crippen LogP contribution is -2.39. The highest BCUT2D eigenvalue weighted by Gasteiger charge is 2.32. The minimum absolute atomic E-state index is 0.0123. The Hall–Kier alpha value is -2.56. The minimum Gasteiger partial charge on any atom is -0.361 e. The van der Waals surface area contributed by atoms with Crippen molar-refractivity contribution in [2.75, 3.05) is 6.54 Å². The molecule has 0 unspecified atom stereocenters. The van der Waals surface area contributed by atoms with Crippen LogP contribution >= 0.6 is 0 Å². The number of fused-ring (bicyclic) bond motifs is 1. The number of nitrogens with one attached hydrogen (secondary N) is 1. The zero-order valence-electron chi connectivity index (χ0n) is 15.8. The van der Waals surface area contributed by atoms with Crippen molar-refractivity contribution >= 4 is 16.8 Å². The van der Waals surface area contributed by atoms with Crippen LogP contribution in [0.1, 0.15) is 63.9 Å². The number of benzene rings is 1. The topological polar surface area (TPSA) is 62.1 Å². The fourth-order valence-corrected chi connectivity index (χ4v) is 4.18. The van der Waals surface area contributed by atoms with Crippen LogP contribution in [0.5, 0.6) is 0 Å². The molecule has 5 heteroatoms. The smallest absolute Gasteiger partial charge is 0.271 e. The van der Waals surface area contributed by atoms with Gasteiger partial charge in [-0.3, -0.25) is 4.79 Å². The number of nitrogens with zero attached hydrogens (tertiary/aromatic N) is 2. The second-order valence-corrected chi connectivity index (χ2v) is 7.45. The van der Waals surface area contributed by atoms with Gasteiger partial charge in [-0.15, -0.1) is 0 Å². The molecule has 1 fully saturated rings. The zero-order chi connectivity index (χ0) is 18.4. The number of aryl methyl sites for hydroxylation is 4. The summed E-state index contributed by atoms with van der Waals surface area (Å²) in [7, 11) is 0. The molecule has 1 aromatic carbocycles. The van der Waals surface area contributed by atoms with E-state index in [0.717, 1.165) is 53.9 Å². The molecule has 1 aliphatic rings. The van der Waals surface area contributed by atoms with Crippen molar-refractivity contribution in [1.29, 1.82) is 0 Å². The first kappa shape index (κ1) is 16.9. The number of carbonyl (C=O) groups is 1. The molecule has 0 spiro atoms. The molecule has 5 nitrogen and oxygen atoms in total. The number of aromatic amines is 1. The van der Waals surface area contributed by atoms with Crippen LogP contribution in [0.3, 0.4) is 0 Å². The van der Waals surface area contributed by atoms with Gasteiger partial charge in [-0.2, -0.15) is 0 Å². The molecule has 1 atom stereocenters. The van der Waals surface area contributed by atoms with E-state index < -0.39 is 0 Å². The van der Waals surface area contributed by atoms with E-state index in [9.17, 15) is 4.79 Å². The van der Waals surface area contributed by atoms with E-state index in [4.69, 9.17) is 4.52 Å². The van der Waals surface area contributed by atoms with E-state index in [0.29, 0.717) is 5.69 Å². The average molecular weight is 351 g/mol. The first-order valence-electron chi connectivity index (χ1n) is 9.30. The van der Waals surface area contributed by atoms with Crippen molar-refractivity contribution < 1.29 is 9.32 Å². The predicted octanol–water partition coefficient (Wildman–Crippen LogP) is 4.76. The first-order chi connectivity index (χ1) is 12.5. The van der Waals surface area contributed by atoms with E-state index in [2.05, 4.69) is 36.1 Å². The monoisotopic (exact) mass is 351 g/mol. The van der Waals surface area contributed by atoms with Gasteiger partial charge in [0.25, 0.3) is 5.91 Å². The van der Waals surface area contributed by atoms with Crippen molar-refractivity contribution in [2.45, 2.75) is 53.0 Å². The van der Waals surface area contributed by atoms with Gasteiger partial charge in [0.05, 0.1) is 6.04 Å². The Morgan fingerprint density at radius 2 is 1.96 bits per heavy atom. The van der Waals surface area contributed by atoms with Crippen LogP contribution in [-0.4, -0.2) is 27.5 Å². The Balaban J connectivity index is 1.76. The Kier molecular flexibility index (Phi) is 4.10. The van der Waals surface area contributed by atoms with Crippen LogP contribution in [0, 0.1) is 27.7 Å². The molecule has 3 heterocycles. The van der Waals surface area contributed by atoms with Gasteiger partial charge < -0.3 is 14.4 Å². The number of rotatable bonds is 2. The van der Waals surface area contributed by atoms with Crippen LogP contribution in [-0.2, 0) is 0 Å². The summed E-state index contributed by atoms with van der Waals surface area (Å²) >= 11 is 0. The molecule has 0 saturated carbocycles. The van der Waals surface area contributed by atoms with Crippen molar-refractivity contribution in [3.8, 4) is 0 Å². The Morgan fingerprint density at radius 1 is 1.19 bits per heavy atom. The zero-order valence-corrected chi connectivity index (χ0v) is 15.8. The number of piperidine rings is 1. The number of H-pyrrole nitrogens is 1. The highest BCUT2D eigenvalue weighted by molar-refractivity contribution is 6.02. The second kappa shape index (κ2) is 6.31. The lowest BCUT2D eigenvalue weighted by molar-refractivity contribution is 0.0596. The Labute approximate surface area is 153 Å². The third kappa shape index (κ3) is 2.62. The molecule has 1 saturated heterocycles. The van der Waals surface area contributed by atoms with E-state index in [-0.39, 0.29) is 11.9 Å². The van der Waals surface area contributed by atoms with Crippen LogP contribution < -0.4 is 0 Å². The molecule has 0 radical (unpaired) electrons. The van der Waals surface area contributed by atoms with Crippen molar-refractivity contribution in [3.05, 3.63) is 52.0 Å². The maximum Gasteiger partial charge on any atom is 0.271 e. The van der Waals surface area contributed by atoms with Gasteiger partial charge in [-0.25, -0.2) is 0 Å². The van der Waals surface area contributed by atoms with Crippen LogP contribution in [0.15, 0.2) is 22.7 Å². The van der Waals surface area contributed by atoms with E-state index >= 15 is 0 Å². The van der Waals surface area contributed by atoms with Crippen molar-refractivity contribution in [3.63, 3.8) is 0 Å². The molecule has 0 bridgehead atoms. The molecule has 1 amide bonds. The summed E-state index contributed by atoms with van der Waals surface area (Å²) in [5.41, 5.74) is 6.01. The fraction of sp³-hybridized carbons (Fsp3) is 0.429. The summed E-state index contributed by atoms with van der Waals surface area (Å²) in [5.74, 6) is 0.842. The van der Waals surface area contributed by atoms with Gasteiger partial charge in [0, 0.05) is 23.5 Å². The molecular weight excluding hydrogens is 326 g/mol. The highest BCUT2D eigenvalue weighted by Crippen LogP contribution is 2.34. The van der Waals surface area contributed by atoms with E-state index in [1.807, 2.05) is 24.8 Å². The molecule has 3 aromatic rings. The van der Waals surface area contributed by atoms with Gasteiger partial charge in [0.2, 0.25) is 0 Å². The third-order valence-electron chi connectivity index (χ3n) is 5.59. The maximum atomic E-state index is 13.4. The van der Waals surface area contributed by atoms with Crippen LogP contribution in [0.2, 0.25) is 0 Å². The molecule has 26 heavy (non-hydrogen) atoms. The predicted molar refractivity (Wildman–Crippen MR) is 101 cm³/mol. The minimum atomic E-state index is -0.0123. The van der Waals surface area contributed by atoms with Gasteiger partial charge >= 0.3 is 0 Å². The fourth-order valence-electron chi connectivity index (χ4n) is 4.18. The highest BCUT2D eigenvalue weighted by atomic mass is 16.5. The van der Waals surface area contributed by atoms with Gasteiger partial charge in [0.15, 0.2) is 0 Å². The lowest BCUT2D eigenvalue weighted by Gasteiger charge is -2.34. The number of hydrogen-bond acceptors (Lipinski definition) is 3. The molecule has 4 rings (SSSR count). The number of hydrogen-bond donors (Lipinski definition) is 1. The maximum absolute atomic E-state index is 13.4. The standard InChI is InChI=1S/C21H25N3O2/c1-12-8-9-13(2)19-18(12)15(4)20(22-19)21(25)24-10-6-5-7-17(24)16-11-14(3)26-23-16/h8-9,11,17,22H,5-7,10H2,1-4H3/t17-/m0/s1. The summed E-state index contributed by atoms with van der Waals surface area (Å²) in [6, 6.07) is 6.16. The van der Waals surface area contributed by atoms with Gasteiger partial charge in [-0.1, -0.05) is 17.3 Å². The Bertz CT molecular complexity index is 983. The third-order valence-corrected chi connectivity index (χ3v) is 5.59. The Morgan fingerprint density at radius 3 is 2.65 bits per heavy atom. The lowest BCUT2D eigenvalue weighted by atomic mass is 9.98. The number of likely N-dealkylation sites (tertiary alicyclic amines) is 1. The molecular formula is C21H25N3O2. The molecule has 2 aromatic heterocycles. The molecule has 136 valence electrons. The molecule has 0 aliphatic carbocycles. The summed E-state index contributed by atoms with van der Waals surface area (Å²) in [5, 5.41) is 5.35. The summed E-state index contributed by atoms with van der Waals surface area (Å²) in [4.78, 5) is 18.8. The molecule has 1 N–H and O–H groups in total. The second-order valence-electron chi connectivity index (χ2n) is 7.45. The SMILES string of the molecule is Cc1cc([C@@H]2CCCCN2C(=O)c2[nH]c3c(C)ccc(C)c3c2C)no1. The molecule has 1 aliphatic heterocycles. The quantitative estimate of drug-likeness (QED) is 0.724. The number of aromatic nitrogens is 2. The number of amides is 1. The van der Waals surface area contributed by atoms with Crippen LogP contribution in [0.25, 0.3) is 10.9 Å². The van der Waals surface area contributed by atoms with Crippen molar-refractivity contribution in [2.24, 2.45) is 0 Å². The summed E-state index contributed by atoms with van der Waals surface area (Å²) in [6.45, 7) is 8.85. The van der Waals surface area contributed by atoms with Gasteiger partial charge in [0.1, 0.15) is 17.1 Å². The average Bonchev–Trinajstić information content (AvgIpc) is 3.22. The number of carbonyl (C=O) groups excluding carboxylic acids is 1. The first-order valence-corrected chi connectivity index (χ1v) is 9.30. The summed E-state index contributed by atoms with van der Waals surface area (Å²) in [6.07, 6.45) is 3.05. The van der Waals surface area contributed by atoms with E-state index in [1.54, 1.807) is 0 Å². The van der Waals surface area contributed by atoms with Crippen LogP contribution in [0.4, 0.5) is 0 Å². The largest absolute Gasteiger partial charge is 0.361 e. The van der Waals surface area contributed by atoms with E-state index in [1.165, 1.54) is 10.9 Å². The summed E-state index contributed by atoms with van der Waals surface area (Å²) < 4.78 is 5.26. The normalized spacial score (nSPS) is 17.8. The van der Waals surface area contributed by atoms with Gasteiger partial charge in [-0.05, 0) is 63.6 Å². The van der Waals surface area contributed by atoms with Crippen molar-refractivity contribution in [1.82, 2.24) is 15.0 Å².